The van der Waals surface area contributed by atoms with E-state index in [1.54, 1.807) is 6.92 Å². The lowest BCUT2D eigenvalue weighted by Crippen LogP contribution is -2.70. The number of rotatable bonds is 4. The van der Waals surface area contributed by atoms with Crippen LogP contribution in [0.3, 0.4) is 0 Å². The smallest absolute Gasteiger partial charge is 0.247 e. The van der Waals surface area contributed by atoms with Gasteiger partial charge in [-0.3, -0.25) is 14.5 Å². The minimum atomic E-state index is -3.61. The molecule has 0 radical (unpaired) electrons. The number of carbonyl (C=O) groups excluding carboxylic acids is 2. The highest BCUT2D eigenvalue weighted by Crippen LogP contribution is 2.34. The highest BCUT2D eigenvalue weighted by molar-refractivity contribution is 7.88. The van der Waals surface area contributed by atoms with Gasteiger partial charge in [0.2, 0.25) is 21.8 Å². The van der Waals surface area contributed by atoms with E-state index < -0.39 is 21.5 Å². The zero-order valence-electron chi connectivity index (χ0n) is 17.7. The van der Waals surface area contributed by atoms with Crippen molar-refractivity contribution >= 4 is 27.5 Å². The number of piperazine rings is 1. The molecule has 0 aromatic heterocycles. The number of nitrogens with zero attached hydrogens (tertiary/aromatic N) is 2. The number of hydrogen-bond donors (Lipinski definition) is 1. The van der Waals surface area contributed by atoms with Gasteiger partial charge in [0.15, 0.2) is 0 Å². The quantitative estimate of drug-likeness (QED) is 0.807. The van der Waals surface area contributed by atoms with Crippen LogP contribution in [0, 0.1) is 13.8 Å². The van der Waals surface area contributed by atoms with Crippen molar-refractivity contribution < 1.29 is 18.0 Å². The highest BCUT2D eigenvalue weighted by Gasteiger charge is 2.51. The van der Waals surface area contributed by atoms with Gasteiger partial charge in [0.1, 0.15) is 5.54 Å². The number of amides is 2. The van der Waals surface area contributed by atoms with E-state index in [1.807, 2.05) is 32.0 Å². The van der Waals surface area contributed by atoms with Crippen LogP contribution in [-0.4, -0.2) is 55.5 Å². The van der Waals surface area contributed by atoms with Gasteiger partial charge in [-0.05, 0) is 50.8 Å². The van der Waals surface area contributed by atoms with E-state index in [4.69, 9.17) is 0 Å². The molecular weight excluding hydrogens is 390 g/mol. The minimum absolute atomic E-state index is 0.0660. The summed E-state index contributed by atoms with van der Waals surface area (Å²) in [6.45, 7) is 5.21. The van der Waals surface area contributed by atoms with Crippen molar-refractivity contribution in [1.29, 1.82) is 0 Å². The Balaban J connectivity index is 2.02. The van der Waals surface area contributed by atoms with Gasteiger partial charge in [-0.25, -0.2) is 8.42 Å². The van der Waals surface area contributed by atoms with Gasteiger partial charge >= 0.3 is 0 Å². The second-order valence-corrected chi connectivity index (χ2v) is 10.5. The molecule has 1 atom stereocenters. The molecule has 160 valence electrons. The SMILES string of the molecule is Cc1cccc(N2C(=O)CN(S(C)(=O)=O)C[C@]2(C)C(=O)NC2CCCCC2)c1C. The Morgan fingerprint density at radius 3 is 2.45 bits per heavy atom. The number of nitrogens with one attached hydrogen (secondary N) is 1. The number of hydrogen-bond acceptors (Lipinski definition) is 4. The van der Waals surface area contributed by atoms with Crippen LogP contribution in [0.5, 0.6) is 0 Å². The molecule has 1 saturated heterocycles. The summed E-state index contributed by atoms with van der Waals surface area (Å²) in [6, 6.07) is 5.70. The van der Waals surface area contributed by atoms with Crippen molar-refractivity contribution in [2.75, 3.05) is 24.2 Å². The van der Waals surface area contributed by atoms with Crippen molar-refractivity contribution in [2.24, 2.45) is 0 Å². The first kappa shape index (κ1) is 21.8. The summed E-state index contributed by atoms with van der Waals surface area (Å²) >= 11 is 0. The van der Waals surface area contributed by atoms with Crippen molar-refractivity contribution in [3.63, 3.8) is 0 Å². The van der Waals surface area contributed by atoms with E-state index in [-0.39, 0.29) is 25.0 Å². The number of carbonyl (C=O) groups is 2. The van der Waals surface area contributed by atoms with Crippen LogP contribution in [0.4, 0.5) is 5.69 Å². The van der Waals surface area contributed by atoms with Gasteiger partial charge in [-0.2, -0.15) is 4.31 Å². The number of anilines is 1. The van der Waals surface area contributed by atoms with Crippen LogP contribution in [0.25, 0.3) is 0 Å². The van der Waals surface area contributed by atoms with E-state index in [0.29, 0.717) is 5.69 Å². The predicted octanol–water partition coefficient (Wildman–Crippen LogP) is 2.12. The van der Waals surface area contributed by atoms with E-state index in [1.165, 1.54) is 11.3 Å². The third-order valence-electron chi connectivity index (χ3n) is 6.25. The molecule has 1 saturated carbocycles. The zero-order valence-corrected chi connectivity index (χ0v) is 18.5. The summed E-state index contributed by atoms with van der Waals surface area (Å²) < 4.78 is 25.5. The summed E-state index contributed by atoms with van der Waals surface area (Å²) in [7, 11) is -3.61. The van der Waals surface area contributed by atoms with Gasteiger partial charge in [0.25, 0.3) is 0 Å². The summed E-state index contributed by atoms with van der Waals surface area (Å²) in [5.41, 5.74) is 1.25. The molecule has 29 heavy (non-hydrogen) atoms. The Morgan fingerprint density at radius 1 is 1.17 bits per heavy atom. The Labute approximate surface area is 173 Å². The van der Waals surface area contributed by atoms with Crippen LogP contribution in [0.2, 0.25) is 0 Å². The lowest BCUT2D eigenvalue weighted by molar-refractivity contribution is -0.133. The third-order valence-corrected chi connectivity index (χ3v) is 7.45. The van der Waals surface area contributed by atoms with Gasteiger partial charge in [0.05, 0.1) is 12.8 Å². The molecule has 1 N–H and O–H groups in total. The second kappa shape index (κ2) is 8.07. The predicted molar refractivity (Wildman–Crippen MR) is 113 cm³/mol. The highest BCUT2D eigenvalue weighted by atomic mass is 32.2. The van der Waals surface area contributed by atoms with Gasteiger partial charge in [-0.15, -0.1) is 0 Å². The molecule has 1 aliphatic carbocycles. The first-order chi connectivity index (χ1) is 13.5. The van der Waals surface area contributed by atoms with Gasteiger partial charge in [0, 0.05) is 18.3 Å². The molecule has 1 aromatic rings. The Kier molecular flexibility index (Phi) is 6.06. The third kappa shape index (κ3) is 4.33. The molecule has 0 unspecified atom stereocenters. The maximum atomic E-state index is 13.5. The largest absolute Gasteiger partial charge is 0.351 e. The molecule has 8 heteroatoms. The van der Waals surface area contributed by atoms with Gasteiger partial charge in [-0.1, -0.05) is 31.4 Å². The first-order valence-electron chi connectivity index (χ1n) is 10.2. The van der Waals surface area contributed by atoms with Crippen molar-refractivity contribution in [3.05, 3.63) is 29.3 Å². The van der Waals surface area contributed by atoms with Crippen molar-refractivity contribution in [3.8, 4) is 0 Å². The second-order valence-electron chi connectivity index (χ2n) is 8.56. The number of sulfonamides is 1. The minimum Gasteiger partial charge on any atom is -0.351 e. The molecule has 1 aromatic carbocycles. The Morgan fingerprint density at radius 2 is 1.83 bits per heavy atom. The fourth-order valence-corrected chi connectivity index (χ4v) is 5.17. The molecule has 0 spiro atoms. The van der Waals surface area contributed by atoms with Crippen LogP contribution in [-0.2, 0) is 19.6 Å². The molecule has 3 rings (SSSR count). The summed E-state index contributed by atoms with van der Waals surface area (Å²) in [6.07, 6.45) is 6.20. The summed E-state index contributed by atoms with van der Waals surface area (Å²) in [5.74, 6) is -0.691. The van der Waals surface area contributed by atoms with Crippen LogP contribution >= 0.6 is 0 Å². The van der Waals surface area contributed by atoms with Crippen LogP contribution in [0.15, 0.2) is 18.2 Å². The fraction of sp³-hybridized carbons (Fsp3) is 0.619. The average molecular weight is 422 g/mol. The van der Waals surface area contributed by atoms with E-state index in [0.717, 1.165) is 47.4 Å². The van der Waals surface area contributed by atoms with Crippen LogP contribution < -0.4 is 10.2 Å². The molecule has 7 nitrogen and oxygen atoms in total. The van der Waals surface area contributed by atoms with Crippen LogP contribution in [0.1, 0.15) is 50.2 Å². The maximum Gasteiger partial charge on any atom is 0.247 e. The molecular formula is C21H31N3O4S. The molecule has 1 aliphatic heterocycles. The monoisotopic (exact) mass is 421 g/mol. The van der Waals surface area contributed by atoms with Gasteiger partial charge < -0.3 is 5.32 Å². The van der Waals surface area contributed by atoms with E-state index in [9.17, 15) is 18.0 Å². The average Bonchev–Trinajstić information content (AvgIpc) is 2.64. The number of benzene rings is 1. The topological polar surface area (TPSA) is 86.8 Å². The molecule has 2 aliphatic rings. The molecule has 0 bridgehead atoms. The lowest BCUT2D eigenvalue weighted by atomic mass is 9.90. The Bertz CT molecular complexity index is 909. The zero-order chi connectivity index (χ0) is 21.4. The summed E-state index contributed by atoms with van der Waals surface area (Å²) in [4.78, 5) is 28.1. The normalized spacial score (nSPS) is 24.6. The molecule has 1 heterocycles. The number of aryl methyl sites for hydroxylation is 1. The standard InChI is InChI=1S/C21H31N3O4S/c1-15-9-8-12-18(16(15)2)24-19(25)13-23(29(4,27)28)14-21(24,3)20(26)22-17-10-6-5-7-11-17/h8-9,12,17H,5-7,10-11,13-14H2,1-4H3,(H,22,26)/t21-/m1/s1. The first-order valence-corrected chi connectivity index (χ1v) is 12.0. The van der Waals surface area contributed by atoms with Crippen molar-refractivity contribution in [1.82, 2.24) is 9.62 Å². The van der Waals surface area contributed by atoms with E-state index >= 15 is 0 Å². The lowest BCUT2D eigenvalue weighted by Gasteiger charge is -2.47. The van der Waals surface area contributed by atoms with E-state index in [2.05, 4.69) is 5.32 Å². The molecule has 2 amide bonds. The van der Waals surface area contributed by atoms with Crippen molar-refractivity contribution in [2.45, 2.75) is 64.5 Å². The maximum absolute atomic E-state index is 13.5. The Hall–Kier alpha value is -1.93. The summed E-state index contributed by atoms with van der Waals surface area (Å²) in [5, 5.41) is 3.10. The fourth-order valence-electron chi connectivity index (χ4n) is 4.34. The molecule has 2 fully saturated rings.